The number of furan rings is 1. The van der Waals surface area contributed by atoms with Crippen molar-refractivity contribution in [1.29, 1.82) is 0 Å². The third-order valence-electron chi connectivity index (χ3n) is 5.98. The summed E-state index contributed by atoms with van der Waals surface area (Å²) < 4.78 is 32.4. The lowest BCUT2D eigenvalue weighted by Gasteiger charge is -2.11. The molecule has 5 nitrogen and oxygen atoms in total. The van der Waals surface area contributed by atoms with E-state index in [1.165, 1.54) is 0 Å². The number of rotatable bonds is 4. The maximum Gasteiger partial charge on any atom is 0.256 e. The van der Waals surface area contributed by atoms with Crippen molar-refractivity contribution in [1.82, 2.24) is 0 Å². The largest absolute Gasteiger partial charge is 0.461 e. The van der Waals surface area contributed by atoms with Crippen LogP contribution in [0.3, 0.4) is 0 Å². The standard InChI is InChI=1S/C25H23NO4S/c1-16-11-12-22-19(13-16)20(25(27)26-22)14-24-21(18-9-5-6-10-23(18)30-24)15-31(28,29)17-7-3-2-4-8-17/h2-4,7-8,11-14H,5-6,9-10,15H2,1H3,(H,26,27). The summed E-state index contributed by atoms with van der Waals surface area (Å²) >= 11 is 0. The Morgan fingerprint density at radius 3 is 2.65 bits per heavy atom. The van der Waals surface area contributed by atoms with Gasteiger partial charge in [0, 0.05) is 23.2 Å². The Hall–Kier alpha value is -3.12. The highest BCUT2D eigenvalue weighted by molar-refractivity contribution is 7.90. The van der Waals surface area contributed by atoms with Crippen LogP contribution in [-0.4, -0.2) is 14.3 Å². The van der Waals surface area contributed by atoms with Gasteiger partial charge in [-0.2, -0.15) is 0 Å². The second kappa shape index (κ2) is 7.54. The highest BCUT2D eigenvalue weighted by Gasteiger charge is 2.29. The Kier molecular flexibility index (Phi) is 4.82. The molecule has 0 saturated carbocycles. The molecule has 5 rings (SSSR count). The summed E-state index contributed by atoms with van der Waals surface area (Å²) in [4.78, 5) is 13.0. The van der Waals surface area contributed by atoms with Gasteiger partial charge in [0.2, 0.25) is 0 Å². The molecule has 0 radical (unpaired) electrons. The van der Waals surface area contributed by atoms with Crippen LogP contribution in [0.1, 0.15) is 46.6 Å². The zero-order valence-electron chi connectivity index (χ0n) is 17.3. The van der Waals surface area contributed by atoms with Crippen molar-refractivity contribution in [2.75, 3.05) is 5.32 Å². The Balaban J connectivity index is 1.63. The van der Waals surface area contributed by atoms with Gasteiger partial charge in [0.1, 0.15) is 11.5 Å². The van der Waals surface area contributed by atoms with E-state index in [-0.39, 0.29) is 11.7 Å². The van der Waals surface area contributed by atoms with Crippen LogP contribution in [0.25, 0.3) is 11.6 Å². The van der Waals surface area contributed by atoms with Crippen LogP contribution < -0.4 is 5.32 Å². The molecular weight excluding hydrogens is 410 g/mol. The molecular formula is C25H23NO4S. The molecule has 31 heavy (non-hydrogen) atoms. The Morgan fingerprint density at radius 1 is 1.06 bits per heavy atom. The minimum atomic E-state index is -3.54. The van der Waals surface area contributed by atoms with E-state index in [2.05, 4.69) is 5.32 Å². The summed E-state index contributed by atoms with van der Waals surface area (Å²) in [5.74, 6) is 0.981. The summed E-state index contributed by atoms with van der Waals surface area (Å²) in [6.07, 6.45) is 5.32. The van der Waals surface area contributed by atoms with Crippen LogP contribution in [0.4, 0.5) is 5.69 Å². The average Bonchev–Trinajstić information content (AvgIpc) is 3.26. The van der Waals surface area contributed by atoms with Crippen LogP contribution in [0.15, 0.2) is 57.8 Å². The number of anilines is 1. The fraction of sp³-hybridized carbons (Fsp3) is 0.240. The zero-order chi connectivity index (χ0) is 21.6. The second-order valence-corrected chi connectivity index (χ2v) is 10.2. The predicted octanol–water partition coefficient (Wildman–Crippen LogP) is 4.93. The van der Waals surface area contributed by atoms with Crippen molar-refractivity contribution in [2.24, 2.45) is 0 Å². The van der Waals surface area contributed by atoms with Crippen LogP contribution >= 0.6 is 0 Å². The minimum Gasteiger partial charge on any atom is -0.461 e. The van der Waals surface area contributed by atoms with Gasteiger partial charge in [0.15, 0.2) is 9.84 Å². The quantitative estimate of drug-likeness (QED) is 0.592. The molecule has 0 bridgehead atoms. The van der Waals surface area contributed by atoms with Gasteiger partial charge in [-0.1, -0.05) is 29.8 Å². The van der Waals surface area contributed by atoms with Crippen LogP contribution in [0.2, 0.25) is 0 Å². The first-order chi connectivity index (χ1) is 14.9. The van der Waals surface area contributed by atoms with Gasteiger partial charge in [-0.25, -0.2) is 8.42 Å². The third-order valence-corrected chi connectivity index (χ3v) is 7.64. The highest BCUT2D eigenvalue weighted by Crippen LogP contribution is 2.38. The molecule has 1 aliphatic heterocycles. The summed E-state index contributed by atoms with van der Waals surface area (Å²) in [6.45, 7) is 1.98. The lowest BCUT2D eigenvalue weighted by Crippen LogP contribution is -2.09. The summed E-state index contributed by atoms with van der Waals surface area (Å²) in [7, 11) is -3.54. The van der Waals surface area contributed by atoms with Crippen LogP contribution in [0.5, 0.6) is 0 Å². The van der Waals surface area contributed by atoms with E-state index in [1.54, 1.807) is 36.4 Å². The fourth-order valence-electron chi connectivity index (χ4n) is 4.40. The fourth-order valence-corrected chi connectivity index (χ4v) is 5.84. The number of sulfone groups is 1. The minimum absolute atomic E-state index is 0.142. The molecule has 0 fully saturated rings. The van der Waals surface area contributed by atoms with Crippen LogP contribution in [-0.2, 0) is 33.2 Å². The van der Waals surface area contributed by atoms with E-state index in [0.717, 1.165) is 53.8 Å². The molecule has 1 aliphatic carbocycles. The molecule has 158 valence electrons. The number of aryl methyl sites for hydroxylation is 2. The van der Waals surface area contributed by atoms with Crippen molar-refractivity contribution in [3.05, 3.63) is 82.3 Å². The van der Waals surface area contributed by atoms with Crippen molar-refractivity contribution < 1.29 is 17.6 Å². The predicted molar refractivity (Wildman–Crippen MR) is 120 cm³/mol. The normalized spacial score (nSPS) is 16.8. The number of benzene rings is 2. The molecule has 2 heterocycles. The number of hydrogen-bond acceptors (Lipinski definition) is 4. The molecule has 2 aromatic carbocycles. The maximum atomic E-state index is 13.1. The number of amides is 1. The first-order valence-corrected chi connectivity index (χ1v) is 12.1. The van der Waals surface area contributed by atoms with Gasteiger partial charge in [0.25, 0.3) is 5.91 Å². The Bertz CT molecular complexity index is 1320. The molecule has 3 aromatic rings. The van der Waals surface area contributed by atoms with Gasteiger partial charge >= 0.3 is 0 Å². The van der Waals surface area contributed by atoms with Crippen molar-refractivity contribution in [2.45, 2.75) is 43.3 Å². The smallest absolute Gasteiger partial charge is 0.256 e. The monoisotopic (exact) mass is 433 g/mol. The van der Waals surface area contributed by atoms with Gasteiger partial charge < -0.3 is 9.73 Å². The summed E-state index contributed by atoms with van der Waals surface area (Å²) in [5, 5.41) is 2.88. The molecule has 0 spiro atoms. The van der Waals surface area contributed by atoms with Gasteiger partial charge in [0.05, 0.1) is 16.2 Å². The first kappa shape index (κ1) is 19.8. The SMILES string of the molecule is Cc1ccc2c(c1)C(=Cc1oc3c(c1CS(=O)(=O)c1ccccc1)CCCC3)C(=O)N2. The average molecular weight is 434 g/mol. The Morgan fingerprint density at radius 2 is 1.84 bits per heavy atom. The lowest BCUT2D eigenvalue weighted by atomic mass is 9.95. The molecule has 0 atom stereocenters. The zero-order valence-corrected chi connectivity index (χ0v) is 18.1. The topological polar surface area (TPSA) is 76.4 Å². The van der Waals surface area contributed by atoms with E-state index < -0.39 is 9.84 Å². The number of hydrogen-bond donors (Lipinski definition) is 1. The first-order valence-electron chi connectivity index (χ1n) is 10.5. The lowest BCUT2D eigenvalue weighted by molar-refractivity contribution is -0.110. The Labute approximate surface area is 181 Å². The van der Waals surface area contributed by atoms with Crippen molar-refractivity contribution in [3.8, 4) is 0 Å². The number of carbonyl (C=O) groups excluding carboxylic acids is 1. The molecule has 2 aliphatic rings. The van der Waals surface area contributed by atoms with Gasteiger partial charge in [-0.05, 0) is 62.1 Å². The number of fused-ring (bicyclic) bond motifs is 2. The molecule has 1 amide bonds. The highest BCUT2D eigenvalue weighted by atomic mass is 32.2. The summed E-state index contributed by atoms with van der Waals surface area (Å²) in [5.41, 5.74) is 4.79. The van der Waals surface area contributed by atoms with Gasteiger partial charge in [-0.3, -0.25) is 4.79 Å². The molecule has 1 N–H and O–H groups in total. The molecule has 0 unspecified atom stereocenters. The van der Waals surface area contributed by atoms with E-state index >= 15 is 0 Å². The van der Waals surface area contributed by atoms with Crippen molar-refractivity contribution >= 4 is 33.1 Å². The molecule has 0 saturated heterocycles. The van der Waals surface area contributed by atoms with E-state index in [9.17, 15) is 13.2 Å². The maximum absolute atomic E-state index is 13.1. The van der Waals surface area contributed by atoms with Crippen molar-refractivity contribution in [3.63, 3.8) is 0 Å². The second-order valence-electron chi connectivity index (χ2n) is 8.19. The van der Waals surface area contributed by atoms with E-state index in [0.29, 0.717) is 21.8 Å². The van der Waals surface area contributed by atoms with E-state index in [1.807, 2.05) is 25.1 Å². The molecule has 1 aromatic heterocycles. The third kappa shape index (κ3) is 3.61. The number of carbonyl (C=O) groups is 1. The van der Waals surface area contributed by atoms with Gasteiger partial charge in [-0.15, -0.1) is 0 Å². The molecule has 6 heteroatoms. The van der Waals surface area contributed by atoms with Crippen LogP contribution in [0, 0.1) is 6.92 Å². The summed E-state index contributed by atoms with van der Waals surface area (Å²) in [6, 6.07) is 14.3. The number of nitrogens with one attached hydrogen (secondary N) is 1. The van der Waals surface area contributed by atoms with E-state index in [4.69, 9.17) is 4.42 Å².